The first-order valence-corrected chi connectivity index (χ1v) is 20.8. The lowest BCUT2D eigenvalue weighted by molar-refractivity contribution is 0.359. The van der Waals surface area contributed by atoms with Crippen molar-refractivity contribution in [1.29, 1.82) is 0 Å². The highest BCUT2D eigenvalue weighted by Gasteiger charge is 2.56. The number of rotatable bonds is 4. The second-order valence-electron chi connectivity index (χ2n) is 15.8. The first kappa shape index (κ1) is 46.0. The highest BCUT2D eigenvalue weighted by atomic mass is 79.9. The number of nitrogens with zero attached hydrogens (tertiary/aromatic N) is 4. The quantitative estimate of drug-likeness (QED) is 0.100. The zero-order chi connectivity index (χ0) is 50.5. The molecule has 0 amide bonds. The zero-order valence-electron chi connectivity index (χ0n) is 32.7. The van der Waals surface area contributed by atoms with Crippen molar-refractivity contribution in [3.63, 3.8) is 0 Å². The fourth-order valence-corrected chi connectivity index (χ4v) is 11.2. The fraction of sp³-hybridized carbons (Fsp3) is 0.0909. The third-order valence-corrected chi connectivity index (χ3v) is 14.2. The molecule has 11 rings (SSSR count). The van der Waals surface area contributed by atoms with Crippen LogP contribution in [0, 0.1) is 116 Å². The van der Waals surface area contributed by atoms with Crippen molar-refractivity contribution in [2.75, 3.05) is 0 Å². The molecule has 0 radical (unpaired) electrons. The third kappa shape index (κ3) is 5.45. The van der Waals surface area contributed by atoms with Gasteiger partial charge in [-0.1, -0.05) is 6.08 Å². The number of allylic oxidation sites excluding steroid dienone is 4. The van der Waals surface area contributed by atoms with Gasteiger partial charge in [0.15, 0.2) is 93.1 Å². The molecule has 1 saturated heterocycles. The Morgan fingerprint density at radius 1 is 0.471 bits per heavy atom. The molecule has 4 bridgehead atoms. The van der Waals surface area contributed by atoms with Gasteiger partial charge in [0.25, 0.3) is 0 Å². The lowest BCUT2D eigenvalue weighted by Crippen LogP contribution is -2.31. The van der Waals surface area contributed by atoms with E-state index in [4.69, 9.17) is 0 Å². The van der Waals surface area contributed by atoms with Crippen molar-refractivity contribution in [3.05, 3.63) is 206 Å². The maximum absolute atomic E-state index is 16.3. The van der Waals surface area contributed by atoms with Gasteiger partial charge in [0.1, 0.15) is 12.0 Å². The molecule has 0 aliphatic carbocycles. The van der Waals surface area contributed by atoms with E-state index in [-0.39, 0.29) is 0 Å². The molecule has 358 valence electrons. The number of fused-ring (bicyclic) bond motifs is 1. The minimum absolute atomic E-state index is 0.626. The Kier molecular flexibility index (Phi) is 9.88. The molecule has 4 nitrogen and oxygen atoms in total. The molecule has 5 aromatic rings. The van der Waals surface area contributed by atoms with Crippen LogP contribution in [0.15, 0.2) is 65.8 Å². The van der Waals surface area contributed by atoms with Gasteiger partial charge in [-0.3, -0.25) is 4.99 Å². The number of hydrogen-bond acceptors (Lipinski definition) is 3. The van der Waals surface area contributed by atoms with Crippen LogP contribution in [0.25, 0.3) is 11.1 Å². The van der Waals surface area contributed by atoms with Gasteiger partial charge < -0.3 is 9.47 Å². The Morgan fingerprint density at radius 2 is 0.900 bits per heavy atom. The van der Waals surface area contributed by atoms with Crippen LogP contribution in [0.4, 0.5) is 87.8 Å². The standard InChI is InChI=1S/C44H8Br2F20N4/c45-19-13-9(15-21(47)29(55)37(63)30(56)22(15)48)5-1-3-7-11(17-25(51)33(59)39(65)34(60)26(17)52)41-20(46)14-10(16-23(49)31(57)38(64)32(58)24(16)50)6-2-4-8(70(6)44(14)68-41)12(42(19)67-43(13)69(5)7)18-27(53)35(61)40(66)36(62)28(18)54/h1-5,9-10,44H/b11-7-,42-12?. The molecule has 0 N–H and O–H groups in total. The van der Waals surface area contributed by atoms with E-state index in [0.29, 0.717) is 15.5 Å². The number of aromatic nitrogens is 1. The molecular weight excluding hydrogens is 1120 g/mol. The topological polar surface area (TPSA) is 32.9 Å². The Hall–Kier alpha value is -6.44. The van der Waals surface area contributed by atoms with Gasteiger partial charge in [-0.2, -0.15) is 0 Å². The van der Waals surface area contributed by atoms with Gasteiger partial charge in [0.2, 0.25) is 23.3 Å². The summed E-state index contributed by atoms with van der Waals surface area (Å²) in [5, 5.41) is 0. The lowest BCUT2D eigenvalue weighted by atomic mass is 9.86. The summed E-state index contributed by atoms with van der Waals surface area (Å²) in [5.41, 5.74) is -15.9. The van der Waals surface area contributed by atoms with Crippen molar-refractivity contribution in [1.82, 2.24) is 9.47 Å². The maximum Gasteiger partial charge on any atom is 0.200 e. The van der Waals surface area contributed by atoms with Crippen molar-refractivity contribution in [2.24, 2.45) is 9.98 Å². The first-order valence-electron chi connectivity index (χ1n) is 19.2. The van der Waals surface area contributed by atoms with Crippen LogP contribution >= 0.6 is 31.9 Å². The molecular formula is C44H8Br2F20N4. The van der Waals surface area contributed by atoms with Crippen LogP contribution in [-0.2, 0) is 0 Å². The van der Waals surface area contributed by atoms with Crippen LogP contribution < -0.4 is 0 Å². The zero-order valence-corrected chi connectivity index (χ0v) is 35.9. The van der Waals surface area contributed by atoms with E-state index in [9.17, 15) is 17.6 Å². The van der Waals surface area contributed by atoms with Crippen molar-refractivity contribution in [3.8, 4) is 0 Å². The summed E-state index contributed by atoms with van der Waals surface area (Å²) in [4.78, 5) is 9.24. The Labute approximate surface area is 390 Å². The van der Waals surface area contributed by atoms with Crippen molar-refractivity contribution < 1.29 is 87.8 Å². The van der Waals surface area contributed by atoms with Crippen LogP contribution in [0.1, 0.15) is 51.6 Å². The van der Waals surface area contributed by atoms with E-state index in [0.717, 1.165) is 18.2 Å². The molecule has 6 aliphatic rings. The SMILES string of the molecule is Fc1c(F)c(F)c(C2=C3N=C4C(=C3Br)C(c3c(F)c(F)c(F)c(F)c3F)C3C=C/C(=C(\c5c(F)c(F)c(F)c(F)c5F)C5=NC6C(=C5Br)C(c5c(F)c(F)c(F)c(F)c5F)c5ccc2n56)N43)c(F)c1F. The summed E-state index contributed by atoms with van der Waals surface area (Å²) >= 11 is 6.05. The summed E-state index contributed by atoms with van der Waals surface area (Å²) < 4.78 is 308. The van der Waals surface area contributed by atoms with Gasteiger partial charge >= 0.3 is 0 Å². The molecule has 26 heteroatoms. The van der Waals surface area contributed by atoms with E-state index >= 15 is 70.2 Å². The summed E-state index contributed by atoms with van der Waals surface area (Å²) in [6.45, 7) is 0. The predicted molar refractivity (Wildman–Crippen MR) is 207 cm³/mol. The molecule has 4 unspecified atom stereocenters. The Bertz CT molecular complexity index is 3560. The molecule has 1 fully saturated rings. The van der Waals surface area contributed by atoms with E-state index in [2.05, 4.69) is 41.8 Å². The fourth-order valence-electron chi connectivity index (χ4n) is 9.73. The minimum Gasteiger partial charge on any atom is -0.318 e. The van der Waals surface area contributed by atoms with Gasteiger partial charge in [0.05, 0.1) is 50.4 Å². The van der Waals surface area contributed by atoms with Crippen LogP contribution in [0.2, 0.25) is 0 Å². The highest BCUT2D eigenvalue weighted by molar-refractivity contribution is 9.12. The second-order valence-corrected chi connectivity index (χ2v) is 17.4. The Morgan fingerprint density at radius 3 is 1.39 bits per heavy atom. The number of hydrogen-bond donors (Lipinski definition) is 0. The van der Waals surface area contributed by atoms with Crippen LogP contribution in [-0.4, -0.2) is 27.1 Å². The van der Waals surface area contributed by atoms with Crippen molar-refractivity contribution in [2.45, 2.75) is 24.0 Å². The number of benzene rings is 4. The molecule has 1 aromatic heterocycles. The highest BCUT2D eigenvalue weighted by Crippen LogP contribution is 2.60. The summed E-state index contributed by atoms with van der Waals surface area (Å²) in [6, 6.07) is -0.480. The van der Waals surface area contributed by atoms with E-state index < -0.39 is 228 Å². The molecule has 0 spiro atoms. The van der Waals surface area contributed by atoms with Gasteiger partial charge in [-0.25, -0.2) is 92.8 Å². The minimum atomic E-state index is -2.73. The van der Waals surface area contributed by atoms with Gasteiger partial charge in [-0.15, -0.1) is 0 Å². The molecule has 6 aliphatic heterocycles. The number of halogens is 22. The van der Waals surface area contributed by atoms with E-state index in [1.54, 1.807) is 0 Å². The van der Waals surface area contributed by atoms with Crippen LogP contribution in [0.3, 0.4) is 0 Å². The summed E-state index contributed by atoms with van der Waals surface area (Å²) in [5.74, 6) is -57.8. The van der Waals surface area contributed by atoms with Gasteiger partial charge in [0, 0.05) is 49.5 Å². The smallest absolute Gasteiger partial charge is 0.200 e. The lowest BCUT2D eigenvalue weighted by Gasteiger charge is -2.27. The average Bonchev–Trinajstić information content (AvgIpc) is 4.19. The van der Waals surface area contributed by atoms with Gasteiger partial charge in [-0.05, 0) is 50.1 Å². The first-order chi connectivity index (χ1) is 33.0. The maximum atomic E-state index is 16.3. The third-order valence-electron chi connectivity index (χ3n) is 12.6. The monoisotopic (exact) mass is 1130 g/mol. The molecule has 4 aromatic carbocycles. The summed E-state index contributed by atoms with van der Waals surface area (Å²) in [7, 11) is 0. The van der Waals surface area contributed by atoms with Crippen molar-refractivity contribution >= 4 is 54.6 Å². The number of aliphatic imine (C=N–C) groups is 2. The van der Waals surface area contributed by atoms with E-state index in [1.807, 2.05) is 0 Å². The number of amidine groups is 1. The largest absolute Gasteiger partial charge is 0.318 e. The Balaban J connectivity index is 1.37. The normalized spacial score (nSPS) is 21.9. The summed E-state index contributed by atoms with van der Waals surface area (Å²) in [6.07, 6.45) is -0.607. The average molecular weight is 1130 g/mol. The van der Waals surface area contributed by atoms with Crippen LogP contribution in [0.5, 0.6) is 0 Å². The second kappa shape index (κ2) is 15.0. The molecule has 70 heavy (non-hydrogen) atoms. The predicted octanol–water partition coefficient (Wildman–Crippen LogP) is 13.3. The molecule has 4 atom stereocenters. The molecule has 0 saturated carbocycles. The van der Waals surface area contributed by atoms with E-state index in [1.165, 1.54) is 0 Å². The molecule has 7 heterocycles.